The Morgan fingerprint density at radius 3 is 2.47 bits per heavy atom. The predicted molar refractivity (Wildman–Crippen MR) is 141 cm³/mol. The molecule has 10 nitrogen and oxygen atoms in total. The van der Waals surface area contributed by atoms with Crippen molar-refractivity contribution >= 4 is 27.6 Å². The number of sulfonamides is 1. The van der Waals surface area contributed by atoms with Gasteiger partial charge in [0.05, 0.1) is 29.7 Å². The second-order valence-electron chi connectivity index (χ2n) is 9.88. The lowest BCUT2D eigenvalue weighted by atomic mass is 9.99. The Balaban J connectivity index is 1.96. The first kappa shape index (κ1) is 29.2. The second-order valence-corrected chi connectivity index (χ2v) is 11.6. The van der Waals surface area contributed by atoms with Gasteiger partial charge in [0.15, 0.2) is 0 Å². The Kier molecular flexibility index (Phi) is 9.21. The van der Waals surface area contributed by atoms with Gasteiger partial charge in [0.25, 0.3) is 15.9 Å². The number of likely N-dealkylation sites (N-methyl/N-ethyl adjacent to an activating group) is 1. The maximum absolute atomic E-state index is 13.6. The zero-order chi connectivity index (χ0) is 28.2. The summed E-state index contributed by atoms with van der Waals surface area (Å²) in [4.78, 5) is 28.9. The van der Waals surface area contributed by atoms with Crippen molar-refractivity contribution in [3.05, 3.63) is 53.8 Å². The molecule has 1 aliphatic rings. The first-order valence-electron chi connectivity index (χ1n) is 12.3. The van der Waals surface area contributed by atoms with Crippen molar-refractivity contribution in [2.24, 2.45) is 5.92 Å². The van der Waals surface area contributed by atoms with Crippen molar-refractivity contribution in [3.8, 4) is 5.75 Å². The zero-order valence-electron chi connectivity index (χ0n) is 22.1. The average Bonchev–Trinajstić information content (AvgIpc) is 2.85. The van der Waals surface area contributed by atoms with Crippen LogP contribution in [0.25, 0.3) is 0 Å². The number of anilines is 1. The number of hydrogen-bond donors (Lipinski definition) is 3. The molecule has 0 saturated carbocycles. The quantitative estimate of drug-likeness (QED) is 0.464. The maximum atomic E-state index is 13.6. The fraction of sp³-hybridized carbons (Fsp3) is 0.462. The van der Waals surface area contributed by atoms with Crippen LogP contribution in [0.5, 0.6) is 5.75 Å². The molecule has 3 atom stereocenters. The minimum absolute atomic E-state index is 0.0445. The third-order valence-electron chi connectivity index (χ3n) is 6.25. The van der Waals surface area contributed by atoms with Crippen molar-refractivity contribution in [1.29, 1.82) is 0 Å². The molecule has 12 heteroatoms. The Hall–Kier alpha value is -3.38. The SMILES string of the molecule is CC(C)NC(=O)N(C)C[C@@H]1Oc2ccc(NS(=O)(=O)c3ccc(F)cc3)cc2C(=O)N([C@H](C)CO)C[C@H]1C. The third-order valence-corrected chi connectivity index (χ3v) is 7.65. The number of ether oxygens (including phenoxy) is 1. The lowest BCUT2D eigenvalue weighted by Crippen LogP contribution is -2.51. The molecule has 208 valence electrons. The van der Waals surface area contributed by atoms with Crippen LogP contribution in [0.1, 0.15) is 38.1 Å². The van der Waals surface area contributed by atoms with Crippen LogP contribution in [0.3, 0.4) is 0 Å². The third kappa shape index (κ3) is 6.93. The highest BCUT2D eigenvalue weighted by Crippen LogP contribution is 2.31. The second kappa shape index (κ2) is 12.0. The van der Waals surface area contributed by atoms with E-state index in [4.69, 9.17) is 4.74 Å². The van der Waals surface area contributed by atoms with Crippen molar-refractivity contribution in [3.63, 3.8) is 0 Å². The zero-order valence-corrected chi connectivity index (χ0v) is 23.0. The number of halogens is 1. The van der Waals surface area contributed by atoms with Crippen LogP contribution < -0.4 is 14.8 Å². The van der Waals surface area contributed by atoms with Gasteiger partial charge in [0, 0.05) is 31.2 Å². The van der Waals surface area contributed by atoms with Crippen LogP contribution in [-0.2, 0) is 10.0 Å². The minimum atomic E-state index is -4.05. The number of nitrogens with one attached hydrogen (secondary N) is 2. The van der Waals surface area contributed by atoms with Crippen LogP contribution in [0.4, 0.5) is 14.9 Å². The summed E-state index contributed by atoms with van der Waals surface area (Å²) in [5.74, 6) is -0.973. The highest BCUT2D eigenvalue weighted by Gasteiger charge is 2.34. The highest BCUT2D eigenvalue weighted by molar-refractivity contribution is 7.92. The van der Waals surface area contributed by atoms with Gasteiger partial charge in [-0.25, -0.2) is 17.6 Å². The van der Waals surface area contributed by atoms with Crippen molar-refractivity contribution < 1.29 is 32.2 Å². The number of aliphatic hydroxyl groups is 1. The number of fused-ring (bicyclic) bond motifs is 1. The minimum Gasteiger partial charge on any atom is -0.487 e. The Bertz CT molecular complexity index is 1250. The molecule has 1 heterocycles. The number of hydrogen-bond acceptors (Lipinski definition) is 6. The molecule has 0 aliphatic carbocycles. The molecule has 1 aliphatic heterocycles. The van der Waals surface area contributed by atoms with E-state index in [9.17, 15) is 27.5 Å². The lowest BCUT2D eigenvalue weighted by molar-refractivity contribution is 0.0366. The molecular weight excluding hydrogens is 515 g/mol. The van der Waals surface area contributed by atoms with E-state index in [0.717, 1.165) is 24.3 Å². The van der Waals surface area contributed by atoms with Gasteiger partial charge < -0.3 is 25.0 Å². The number of carbonyl (C=O) groups excluding carboxylic acids is 2. The number of rotatable bonds is 8. The van der Waals surface area contributed by atoms with Gasteiger partial charge in [-0.15, -0.1) is 0 Å². The van der Waals surface area contributed by atoms with Crippen LogP contribution >= 0.6 is 0 Å². The van der Waals surface area contributed by atoms with E-state index in [-0.39, 0.29) is 59.6 Å². The molecule has 0 fully saturated rings. The molecule has 0 unspecified atom stereocenters. The normalized spacial score (nSPS) is 18.6. The van der Waals surface area contributed by atoms with E-state index in [1.54, 1.807) is 14.0 Å². The molecule has 2 aromatic carbocycles. The molecular formula is C26H35FN4O6S. The fourth-order valence-electron chi connectivity index (χ4n) is 4.04. The number of amides is 3. The number of benzene rings is 2. The highest BCUT2D eigenvalue weighted by atomic mass is 32.2. The molecule has 0 spiro atoms. The van der Waals surface area contributed by atoms with Gasteiger partial charge in [-0.2, -0.15) is 0 Å². The topological polar surface area (TPSA) is 128 Å². The number of aliphatic hydroxyl groups excluding tert-OH is 1. The maximum Gasteiger partial charge on any atom is 0.317 e. The van der Waals surface area contributed by atoms with Gasteiger partial charge in [-0.05, 0) is 63.2 Å². The summed E-state index contributed by atoms with van der Waals surface area (Å²) in [5.41, 5.74) is 0.219. The van der Waals surface area contributed by atoms with E-state index in [1.807, 2.05) is 20.8 Å². The molecule has 0 bridgehead atoms. The lowest BCUT2D eigenvalue weighted by Gasteiger charge is -2.38. The average molecular weight is 551 g/mol. The van der Waals surface area contributed by atoms with Gasteiger partial charge in [-0.3, -0.25) is 9.52 Å². The van der Waals surface area contributed by atoms with Crippen LogP contribution in [0.2, 0.25) is 0 Å². The fourth-order valence-corrected chi connectivity index (χ4v) is 5.09. The molecule has 38 heavy (non-hydrogen) atoms. The van der Waals surface area contributed by atoms with E-state index in [0.29, 0.717) is 0 Å². The van der Waals surface area contributed by atoms with Crippen molar-refractivity contribution in [1.82, 2.24) is 15.1 Å². The molecule has 3 rings (SSSR count). The first-order chi connectivity index (χ1) is 17.8. The van der Waals surface area contributed by atoms with E-state index in [2.05, 4.69) is 10.0 Å². The molecule has 2 aromatic rings. The molecule has 3 amide bonds. The van der Waals surface area contributed by atoms with E-state index >= 15 is 0 Å². The van der Waals surface area contributed by atoms with Crippen molar-refractivity contribution in [2.75, 3.05) is 31.5 Å². The standard InChI is InChI=1S/C26H35FN4O6S/c1-16(2)28-26(34)30(5)14-24-17(3)13-31(18(4)15-32)25(33)22-12-20(8-11-23(22)37-24)29-38(35,36)21-9-6-19(27)7-10-21/h6-12,16-18,24,29,32H,13-15H2,1-5H3,(H,28,34)/t17-,18-,24+/m1/s1. The van der Waals surface area contributed by atoms with Crippen LogP contribution in [0, 0.1) is 11.7 Å². The Morgan fingerprint density at radius 2 is 1.87 bits per heavy atom. The summed E-state index contributed by atoms with van der Waals surface area (Å²) in [6.07, 6.45) is -0.500. The molecule has 3 N–H and O–H groups in total. The molecule has 0 radical (unpaired) electrons. The summed E-state index contributed by atoms with van der Waals surface area (Å²) < 4.78 is 47.6. The number of nitrogens with zero attached hydrogens (tertiary/aromatic N) is 2. The molecule has 0 aromatic heterocycles. The van der Waals surface area contributed by atoms with Crippen LogP contribution in [0.15, 0.2) is 47.4 Å². The van der Waals surface area contributed by atoms with Crippen LogP contribution in [-0.4, -0.2) is 80.2 Å². The Labute approximate surface area is 222 Å². The number of carbonyl (C=O) groups is 2. The van der Waals surface area contributed by atoms with Gasteiger partial charge in [0.2, 0.25) is 0 Å². The predicted octanol–water partition coefficient (Wildman–Crippen LogP) is 2.90. The summed E-state index contributed by atoms with van der Waals surface area (Å²) in [6, 6.07) is 7.88. The summed E-state index contributed by atoms with van der Waals surface area (Å²) in [5, 5.41) is 12.6. The summed E-state index contributed by atoms with van der Waals surface area (Å²) in [6.45, 7) is 7.54. The largest absolute Gasteiger partial charge is 0.487 e. The van der Waals surface area contributed by atoms with Gasteiger partial charge >= 0.3 is 6.03 Å². The van der Waals surface area contributed by atoms with Crippen molar-refractivity contribution in [2.45, 2.75) is 50.8 Å². The summed E-state index contributed by atoms with van der Waals surface area (Å²) >= 11 is 0. The van der Waals surface area contributed by atoms with Gasteiger partial charge in [0.1, 0.15) is 17.7 Å². The Morgan fingerprint density at radius 1 is 1.21 bits per heavy atom. The van der Waals surface area contributed by atoms with Gasteiger partial charge in [-0.1, -0.05) is 6.92 Å². The summed E-state index contributed by atoms with van der Waals surface area (Å²) in [7, 11) is -2.40. The smallest absolute Gasteiger partial charge is 0.317 e. The first-order valence-corrected chi connectivity index (χ1v) is 13.8. The molecule has 0 saturated heterocycles. The van der Waals surface area contributed by atoms with E-state index < -0.39 is 33.9 Å². The monoisotopic (exact) mass is 550 g/mol. The number of urea groups is 1. The van der Waals surface area contributed by atoms with E-state index in [1.165, 1.54) is 28.0 Å².